The van der Waals surface area contributed by atoms with Crippen molar-refractivity contribution >= 4 is 5.97 Å². The summed E-state index contributed by atoms with van der Waals surface area (Å²) in [5.41, 5.74) is -0.226. The molecule has 0 bridgehead atoms. The Kier molecular flexibility index (Phi) is 1.65. The van der Waals surface area contributed by atoms with Crippen LogP contribution >= 0.6 is 0 Å². The van der Waals surface area contributed by atoms with Gasteiger partial charge in [0, 0.05) is 7.05 Å². The van der Waals surface area contributed by atoms with Crippen LogP contribution in [0.2, 0.25) is 0 Å². The monoisotopic (exact) mass is 180 g/mol. The number of hydrogen-bond acceptors (Lipinski definition) is 3. The molecule has 0 saturated heterocycles. The summed E-state index contributed by atoms with van der Waals surface area (Å²) in [6, 6.07) is 0. The van der Waals surface area contributed by atoms with Gasteiger partial charge in [0.15, 0.2) is 5.75 Å². The van der Waals surface area contributed by atoms with Crippen LogP contribution in [-0.2, 0) is 11.8 Å². The summed E-state index contributed by atoms with van der Waals surface area (Å²) in [7, 11) is 1.79. The van der Waals surface area contributed by atoms with Gasteiger partial charge in [-0.1, -0.05) is 0 Å². The Labute approximate surface area is 76.5 Å². The molecule has 0 N–H and O–H groups in total. The maximum atomic E-state index is 11.4. The molecule has 0 unspecified atom stereocenters. The van der Waals surface area contributed by atoms with Crippen molar-refractivity contribution in [1.29, 1.82) is 0 Å². The molecule has 4 heteroatoms. The first kappa shape index (κ1) is 8.29. The fraction of sp³-hybridized carbons (Fsp3) is 0.556. The van der Waals surface area contributed by atoms with E-state index in [-0.39, 0.29) is 11.4 Å². The summed E-state index contributed by atoms with van der Waals surface area (Å²) in [5, 5.41) is 3.91. The number of carbonyl (C=O) groups excluding carboxylic acids is 1. The van der Waals surface area contributed by atoms with Crippen LogP contribution in [0.25, 0.3) is 0 Å². The molecule has 0 spiro atoms. The highest BCUT2D eigenvalue weighted by molar-refractivity contribution is 5.81. The highest BCUT2D eigenvalue weighted by Crippen LogP contribution is 2.45. The van der Waals surface area contributed by atoms with Crippen molar-refractivity contribution in [1.82, 2.24) is 9.78 Å². The molecule has 0 aliphatic heterocycles. The van der Waals surface area contributed by atoms with Crippen LogP contribution in [0.3, 0.4) is 0 Å². The van der Waals surface area contributed by atoms with Crippen molar-refractivity contribution in [3.63, 3.8) is 0 Å². The summed E-state index contributed by atoms with van der Waals surface area (Å²) in [6.45, 7) is 1.92. The Morgan fingerprint density at radius 1 is 1.69 bits per heavy atom. The summed E-state index contributed by atoms with van der Waals surface area (Å²) in [4.78, 5) is 11.4. The van der Waals surface area contributed by atoms with Gasteiger partial charge in [0.2, 0.25) is 0 Å². The minimum atomic E-state index is -0.226. The van der Waals surface area contributed by atoms with E-state index in [0.29, 0.717) is 5.75 Å². The zero-order valence-electron chi connectivity index (χ0n) is 7.78. The van der Waals surface area contributed by atoms with Gasteiger partial charge < -0.3 is 4.74 Å². The van der Waals surface area contributed by atoms with Crippen LogP contribution in [0.1, 0.15) is 19.8 Å². The third-order valence-corrected chi connectivity index (χ3v) is 2.38. The van der Waals surface area contributed by atoms with Crippen LogP contribution in [0.4, 0.5) is 0 Å². The third kappa shape index (κ3) is 1.56. The van der Waals surface area contributed by atoms with Crippen molar-refractivity contribution in [2.24, 2.45) is 12.5 Å². The number of esters is 1. The molecule has 1 aromatic heterocycles. The smallest absolute Gasteiger partial charge is 0.317 e. The second kappa shape index (κ2) is 2.58. The topological polar surface area (TPSA) is 44.1 Å². The van der Waals surface area contributed by atoms with E-state index in [0.717, 1.165) is 12.8 Å². The molecule has 1 aliphatic rings. The van der Waals surface area contributed by atoms with Crippen molar-refractivity contribution in [2.75, 3.05) is 0 Å². The summed E-state index contributed by atoms with van der Waals surface area (Å²) in [6.07, 6.45) is 5.10. The van der Waals surface area contributed by atoms with E-state index in [4.69, 9.17) is 4.74 Å². The van der Waals surface area contributed by atoms with Gasteiger partial charge in [-0.25, -0.2) is 0 Å². The quantitative estimate of drug-likeness (QED) is 0.641. The molecule has 1 aromatic rings. The highest BCUT2D eigenvalue weighted by atomic mass is 16.5. The number of aromatic nitrogens is 2. The van der Waals surface area contributed by atoms with Crippen molar-refractivity contribution in [3.8, 4) is 5.75 Å². The molecule has 13 heavy (non-hydrogen) atoms. The number of carbonyl (C=O) groups is 1. The predicted molar refractivity (Wildman–Crippen MR) is 46.2 cm³/mol. The Morgan fingerprint density at radius 3 is 2.85 bits per heavy atom. The van der Waals surface area contributed by atoms with E-state index in [1.165, 1.54) is 0 Å². The Hall–Kier alpha value is -1.32. The molecule has 0 radical (unpaired) electrons. The highest BCUT2D eigenvalue weighted by Gasteiger charge is 2.46. The van der Waals surface area contributed by atoms with Gasteiger partial charge in [-0.05, 0) is 19.8 Å². The largest absolute Gasteiger partial charge is 0.423 e. The fourth-order valence-corrected chi connectivity index (χ4v) is 1.07. The molecule has 0 amide bonds. The van der Waals surface area contributed by atoms with Gasteiger partial charge in [-0.2, -0.15) is 5.10 Å². The average Bonchev–Trinajstić information content (AvgIpc) is 2.69. The number of aryl methyl sites for hydroxylation is 1. The standard InChI is InChI=1S/C9H12N2O2/c1-9(3-4-9)8(12)13-7-5-10-11(2)6-7/h5-6H,3-4H2,1-2H3. The first-order valence-electron chi connectivity index (χ1n) is 4.31. The predicted octanol–water partition coefficient (Wildman–Crippen LogP) is 1.13. The zero-order valence-corrected chi connectivity index (χ0v) is 7.78. The molecule has 1 aliphatic carbocycles. The Morgan fingerprint density at radius 2 is 2.38 bits per heavy atom. The molecule has 2 rings (SSSR count). The molecule has 1 heterocycles. The van der Waals surface area contributed by atoms with Gasteiger partial charge in [0.05, 0.1) is 17.8 Å². The lowest BCUT2D eigenvalue weighted by molar-refractivity contribution is -0.139. The maximum absolute atomic E-state index is 11.4. The first-order valence-corrected chi connectivity index (χ1v) is 4.31. The molecular formula is C9H12N2O2. The van der Waals surface area contributed by atoms with Gasteiger partial charge in [0.25, 0.3) is 0 Å². The van der Waals surface area contributed by atoms with Crippen LogP contribution in [0, 0.1) is 5.41 Å². The number of ether oxygens (including phenoxy) is 1. The third-order valence-electron chi connectivity index (χ3n) is 2.38. The summed E-state index contributed by atoms with van der Waals surface area (Å²) in [5.74, 6) is 0.390. The SMILES string of the molecule is Cn1cc(OC(=O)C2(C)CC2)cn1. The van der Waals surface area contributed by atoms with Gasteiger partial charge in [0.1, 0.15) is 0 Å². The van der Waals surface area contributed by atoms with E-state index < -0.39 is 0 Å². The van der Waals surface area contributed by atoms with Gasteiger partial charge >= 0.3 is 5.97 Å². The van der Waals surface area contributed by atoms with Gasteiger partial charge in [-0.3, -0.25) is 9.48 Å². The van der Waals surface area contributed by atoms with E-state index in [1.807, 2.05) is 6.92 Å². The lowest BCUT2D eigenvalue weighted by Gasteiger charge is -2.05. The molecule has 1 fully saturated rings. The minimum absolute atomic E-state index is 0.138. The molecule has 70 valence electrons. The van der Waals surface area contributed by atoms with Crippen LogP contribution in [0.5, 0.6) is 5.75 Å². The zero-order chi connectivity index (χ0) is 9.47. The van der Waals surface area contributed by atoms with Gasteiger partial charge in [-0.15, -0.1) is 0 Å². The molecule has 0 atom stereocenters. The molecular weight excluding hydrogens is 168 g/mol. The number of rotatable bonds is 2. The molecule has 1 saturated carbocycles. The fourth-order valence-electron chi connectivity index (χ4n) is 1.07. The Balaban J connectivity index is 2.02. The second-order valence-electron chi connectivity index (χ2n) is 3.80. The van der Waals surface area contributed by atoms with E-state index in [2.05, 4.69) is 5.10 Å². The molecule has 4 nitrogen and oxygen atoms in total. The average molecular weight is 180 g/mol. The van der Waals surface area contributed by atoms with E-state index in [9.17, 15) is 4.79 Å². The van der Waals surface area contributed by atoms with Crippen molar-refractivity contribution in [2.45, 2.75) is 19.8 Å². The normalized spacial score (nSPS) is 18.3. The van der Waals surface area contributed by atoms with E-state index >= 15 is 0 Å². The van der Waals surface area contributed by atoms with Crippen LogP contribution in [0.15, 0.2) is 12.4 Å². The van der Waals surface area contributed by atoms with Crippen LogP contribution in [-0.4, -0.2) is 15.7 Å². The lowest BCUT2D eigenvalue weighted by atomic mass is 10.1. The number of hydrogen-bond donors (Lipinski definition) is 0. The number of nitrogens with zero attached hydrogens (tertiary/aromatic N) is 2. The Bertz CT molecular complexity index is 339. The summed E-state index contributed by atoms with van der Waals surface area (Å²) >= 11 is 0. The molecule has 0 aromatic carbocycles. The second-order valence-corrected chi connectivity index (χ2v) is 3.80. The van der Waals surface area contributed by atoms with E-state index in [1.54, 1.807) is 24.1 Å². The van der Waals surface area contributed by atoms with Crippen molar-refractivity contribution < 1.29 is 9.53 Å². The minimum Gasteiger partial charge on any atom is -0.423 e. The lowest BCUT2D eigenvalue weighted by Crippen LogP contribution is -2.18. The summed E-state index contributed by atoms with van der Waals surface area (Å²) < 4.78 is 6.75. The first-order chi connectivity index (χ1) is 6.10. The van der Waals surface area contributed by atoms with Crippen LogP contribution < -0.4 is 4.74 Å². The maximum Gasteiger partial charge on any atom is 0.317 e. The van der Waals surface area contributed by atoms with Crippen molar-refractivity contribution in [3.05, 3.63) is 12.4 Å².